The Morgan fingerprint density at radius 1 is 1.32 bits per heavy atom. The van der Waals surface area contributed by atoms with Crippen LogP contribution in [0, 0.1) is 11.8 Å². The van der Waals surface area contributed by atoms with Crippen LogP contribution < -0.4 is 10.6 Å². The monoisotopic (exact) mass is 346 g/mol. The molecule has 7 heteroatoms. The van der Waals surface area contributed by atoms with E-state index in [4.69, 9.17) is 0 Å². The lowest BCUT2D eigenvalue weighted by Gasteiger charge is -2.31. The van der Waals surface area contributed by atoms with Gasteiger partial charge in [-0.05, 0) is 24.6 Å². The quantitative estimate of drug-likeness (QED) is 0.772. The highest BCUT2D eigenvalue weighted by Gasteiger charge is 2.28. The summed E-state index contributed by atoms with van der Waals surface area (Å²) >= 11 is 0. The number of benzene rings is 1. The van der Waals surface area contributed by atoms with Crippen molar-refractivity contribution in [2.75, 3.05) is 25.4 Å². The van der Waals surface area contributed by atoms with E-state index in [-0.39, 0.29) is 42.3 Å². The van der Waals surface area contributed by atoms with E-state index in [1.54, 1.807) is 12.1 Å². The maximum absolute atomic E-state index is 12.0. The van der Waals surface area contributed by atoms with E-state index in [2.05, 4.69) is 10.6 Å². The maximum Gasteiger partial charge on any atom is 0.223 e. The third kappa shape index (κ3) is 5.59. The summed E-state index contributed by atoms with van der Waals surface area (Å²) in [6.45, 7) is 3.79. The smallest absolute Gasteiger partial charge is 0.223 e. The van der Waals surface area contributed by atoms with E-state index in [0.717, 1.165) is 18.7 Å². The Labute approximate surface area is 138 Å². The van der Waals surface area contributed by atoms with Gasteiger partial charge in [-0.25, -0.2) is 8.42 Å². The fraction of sp³-hybridized carbons (Fsp3) is 0.533. The van der Waals surface area contributed by atoms with Gasteiger partial charge in [0.1, 0.15) is 0 Å². The van der Waals surface area contributed by atoms with Crippen molar-refractivity contribution in [3.63, 3.8) is 0 Å². The van der Waals surface area contributed by atoms with Crippen LogP contribution in [0.1, 0.15) is 12.5 Å². The van der Waals surface area contributed by atoms with Gasteiger partial charge in [0, 0.05) is 12.5 Å². The van der Waals surface area contributed by atoms with Gasteiger partial charge in [-0.3, -0.25) is 4.79 Å². The summed E-state index contributed by atoms with van der Waals surface area (Å²) in [5, 5.41) is 5.86. The second kappa shape index (κ2) is 8.50. The van der Waals surface area contributed by atoms with Gasteiger partial charge < -0.3 is 10.6 Å². The van der Waals surface area contributed by atoms with Gasteiger partial charge in [0.25, 0.3) is 0 Å². The van der Waals surface area contributed by atoms with Crippen LogP contribution in [0.5, 0.6) is 0 Å². The molecule has 1 aliphatic heterocycles. The van der Waals surface area contributed by atoms with Gasteiger partial charge in [0.15, 0.2) is 9.84 Å². The van der Waals surface area contributed by atoms with Crippen molar-refractivity contribution >= 4 is 28.2 Å². The van der Waals surface area contributed by atoms with Gasteiger partial charge in [0.2, 0.25) is 5.91 Å². The molecule has 2 N–H and O–H groups in total. The fourth-order valence-corrected chi connectivity index (χ4v) is 3.53. The number of amides is 1. The first kappa shape index (κ1) is 18.9. The molecule has 0 aromatic heterocycles. The van der Waals surface area contributed by atoms with Crippen molar-refractivity contribution in [3.8, 4) is 0 Å². The zero-order valence-corrected chi connectivity index (χ0v) is 14.3. The first-order chi connectivity index (χ1) is 9.98. The van der Waals surface area contributed by atoms with E-state index in [1.807, 2.05) is 25.1 Å². The summed E-state index contributed by atoms with van der Waals surface area (Å²) in [5.41, 5.74) is 0.776. The molecule has 22 heavy (non-hydrogen) atoms. The van der Waals surface area contributed by atoms with Crippen molar-refractivity contribution in [2.45, 2.75) is 12.7 Å². The average Bonchev–Trinajstić information content (AvgIpc) is 2.36. The Kier molecular flexibility index (Phi) is 7.32. The molecule has 1 amide bonds. The molecule has 1 saturated heterocycles. The number of carbonyl (C=O) groups excluding carboxylic acids is 1. The highest BCUT2D eigenvalue weighted by atomic mass is 35.5. The molecule has 1 atom stereocenters. The second-order valence-corrected chi connectivity index (χ2v) is 7.76. The predicted octanol–water partition coefficient (Wildman–Crippen LogP) is 0.995. The lowest BCUT2D eigenvalue weighted by Crippen LogP contribution is -2.50. The topological polar surface area (TPSA) is 75.3 Å². The standard InChI is InChI=1S/C15H22N2O3S.ClH/c1-12(14-9-16-10-14)15(18)17-7-8-21(19,20)11-13-5-3-2-4-6-13;/h2-6,12,14,16H,7-11H2,1H3,(H,17,18);1H. The molecule has 5 nitrogen and oxygen atoms in total. The first-order valence-electron chi connectivity index (χ1n) is 7.21. The van der Waals surface area contributed by atoms with Crippen molar-refractivity contribution < 1.29 is 13.2 Å². The summed E-state index contributed by atoms with van der Waals surface area (Å²) in [4.78, 5) is 11.9. The molecule has 0 saturated carbocycles. The summed E-state index contributed by atoms with van der Waals surface area (Å²) in [5.74, 6) is 0.236. The minimum absolute atomic E-state index is 0. The number of halogens is 1. The van der Waals surface area contributed by atoms with Gasteiger partial charge >= 0.3 is 0 Å². The highest BCUT2D eigenvalue weighted by Crippen LogP contribution is 2.15. The third-order valence-corrected chi connectivity index (χ3v) is 5.47. The summed E-state index contributed by atoms with van der Waals surface area (Å²) in [6, 6.07) is 9.08. The number of hydrogen-bond donors (Lipinski definition) is 2. The molecule has 1 fully saturated rings. The van der Waals surface area contributed by atoms with Crippen LogP contribution in [-0.2, 0) is 20.4 Å². The molecule has 0 radical (unpaired) electrons. The zero-order chi connectivity index (χ0) is 15.3. The van der Waals surface area contributed by atoms with Crippen molar-refractivity contribution in [1.82, 2.24) is 10.6 Å². The molecule has 0 aliphatic carbocycles. The number of rotatable bonds is 7. The summed E-state index contributed by atoms with van der Waals surface area (Å²) < 4.78 is 24.0. The molecule has 0 bridgehead atoms. The third-order valence-electron chi connectivity index (χ3n) is 3.88. The normalized spacial score (nSPS) is 16.2. The second-order valence-electron chi connectivity index (χ2n) is 5.58. The van der Waals surface area contributed by atoms with Crippen LogP contribution in [0.25, 0.3) is 0 Å². The first-order valence-corrected chi connectivity index (χ1v) is 9.03. The Hall–Kier alpha value is -1.11. The Morgan fingerprint density at radius 3 is 2.50 bits per heavy atom. The van der Waals surface area contributed by atoms with Crippen LogP contribution >= 0.6 is 12.4 Å². The maximum atomic E-state index is 12.0. The van der Waals surface area contributed by atoms with Crippen LogP contribution in [0.2, 0.25) is 0 Å². The van der Waals surface area contributed by atoms with Crippen LogP contribution in [0.3, 0.4) is 0 Å². The Bertz CT molecular complexity index is 574. The molecule has 1 aliphatic rings. The van der Waals surface area contributed by atoms with E-state index < -0.39 is 9.84 Å². The SMILES string of the molecule is CC(C(=O)NCCS(=O)(=O)Cc1ccccc1)C1CNC1.Cl. The highest BCUT2D eigenvalue weighted by molar-refractivity contribution is 7.90. The molecule has 1 heterocycles. The van der Waals surface area contributed by atoms with Gasteiger partial charge in [-0.1, -0.05) is 37.3 Å². The van der Waals surface area contributed by atoms with Crippen molar-refractivity contribution in [3.05, 3.63) is 35.9 Å². The fourth-order valence-electron chi connectivity index (χ4n) is 2.27. The van der Waals surface area contributed by atoms with Gasteiger partial charge in [0.05, 0.1) is 11.5 Å². The molecule has 0 spiro atoms. The number of hydrogen-bond acceptors (Lipinski definition) is 4. The molecule has 2 rings (SSSR count). The Morgan fingerprint density at radius 2 is 1.95 bits per heavy atom. The number of sulfone groups is 1. The van der Waals surface area contributed by atoms with Crippen LogP contribution in [0.15, 0.2) is 30.3 Å². The largest absolute Gasteiger partial charge is 0.355 e. The van der Waals surface area contributed by atoms with Crippen LogP contribution in [-0.4, -0.2) is 39.7 Å². The van der Waals surface area contributed by atoms with E-state index in [0.29, 0.717) is 5.92 Å². The lowest BCUT2D eigenvalue weighted by molar-refractivity contribution is -0.126. The average molecular weight is 347 g/mol. The minimum atomic E-state index is -3.19. The zero-order valence-electron chi connectivity index (χ0n) is 12.6. The minimum Gasteiger partial charge on any atom is -0.355 e. The predicted molar refractivity (Wildman–Crippen MR) is 89.7 cm³/mol. The van der Waals surface area contributed by atoms with Crippen LogP contribution in [0.4, 0.5) is 0 Å². The van der Waals surface area contributed by atoms with E-state index >= 15 is 0 Å². The molecule has 1 aromatic carbocycles. The molecular formula is C15H23ClN2O3S. The van der Waals surface area contributed by atoms with Crippen molar-refractivity contribution in [1.29, 1.82) is 0 Å². The lowest BCUT2D eigenvalue weighted by atomic mass is 9.88. The number of carbonyl (C=O) groups is 1. The number of nitrogens with one attached hydrogen (secondary N) is 2. The van der Waals surface area contributed by atoms with E-state index in [9.17, 15) is 13.2 Å². The molecule has 124 valence electrons. The van der Waals surface area contributed by atoms with Crippen molar-refractivity contribution in [2.24, 2.45) is 11.8 Å². The Balaban J connectivity index is 0.00000242. The van der Waals surface area contributed by atoms with Gasteiger partial charge in [-0.15, -0.1) is 12.4 Å². The van der Waals surface area contributed by atoms with Gasteiger partial charge in [-0.2, -0.15) is 0 Å². The summed E-state index contributed by atoms with van der Waals surface area (Å²) in [7, 11) is -3.19. The molecule has 1 unspecified atom stereocenters. The summed E-state index contributed by atoms with van der Waals surface area (Å²) in [6.07, 6.45) is 0. The van der Waals surface area contributed by atoms with E-state index in [1.165, 1.54) is 0 Å². The molecular weight excluding hydrogens is 324 g/mol. The molecule has 1 aromatic rings.